The summed E-state index contributed by atoms with van der Waals surface area (Å²) in [7, 11) is 0. The number of hydrogen-bond acceptors (Lipinski definition) is 4. The Labute approximate surface area is 218 Å². The van der Waals surface area contributed by atoms with Crippen molar-refractivity contribution in [2.24, 2.45) is 0 Å². The summed E-state index contributed by atoms with van der Waals surface area (Å²) in [5.74, 6) is 0.676. The number of benzene rings is 3. The monoisotopic (exact) mass is 586 g/mol. The number of nitrogens with zero attached hydrogens (tertiary/aromatic N) is 1. The molecule has 0 saturated heterocycles. The van der Waals surface area contributed by atoms with Crippen molar-refractivity contribution in [3.8, 4) is 17.6 Å². The van der Waals surface area contributed by atoms with E-state index < -0.39 is 5.91 Å². The first kappa shape index (κ1) is 25.6. The molecule has 3 aromatic rings. The molecule has 1 amide bonds. The van der Waals surface area contributed by atoms with E-state index in [0.717, 1.165) is 9.13 Å². The number of carbonyl (C=O) groups is 1. The van der Waals surface area contributed by atoms with Gasteiger partial charge in [0.25, 0.3) is 5.91 Å². The summed E-state index contributed by atoms with van der Waals surface area (Å²) in [6.45, 7) is 6.90. The van der Waals surface area contributed by atoms with Crippen LogP contribution in [0.1, 0.15) is 29.2 Å². The van der Waals surface area contributed by atoms with Crippen LogP contribution in [0.15, 0.2) is 60.2 Å². The molecule has 5 nitrogen and oxygen atoms in total. The summed E-state index contributed by atoms with van der Waals surface area (Å²) >= 11 is 8.06. The Morgan fingerprint density at radius 2 is 1.82 bits per heavy atom. The van der Waals surface area contributed by atoms with E-state index in [9.17, 15) is 10.1 Å². The van der Waals surface area contributed by atoms with Gasteiger partial charge in [-0.25, -0.2) is 0 Å². The number of nitriles is 1. The molecule has 0 radical (unpaired) electrons. The molecule has 0 unspecified atom stereocenters. The summed E-state index contributed by atoms with van der Waals surface area (Å²) in [5, 5.41) is 12.8. The molecule has 0 fully saturated rings. The highest BCUT2D eigenvalue weighted by Gasteiger charge is 2.15. The topological polar surface area (TPSA) is 71.3 Å². The molecule has 0 atom stereocenters. The minimum Gasteiger partial charge on any atom is -0.490 e. The van der Waals surface area contributed by atoms with E-state index in [4.69, 9.17) is 21.1 Å². The molecule has 0 aliphatic rings. The molecule has 0 aromatic heterocycles. The number of aryl methyl sites for hydroxylation is 2. The number of carbonyl (C=O) groups excluding carboxylic acids is 1. The van der Waals surface area contributed by atoms with Gasteiger partial charge in [0, 0.05) is 10.7 Å². The Morgan fingerprint density at radius 1 is 1.09 bits per heavy atom. The summed E-state index contributed by atoms with van der Waals surface area (Å²) < 4.78 is 12.7. The third-order valence-electron chi connectivity index (χ3n) is 5.06. The SMILES string of the molecule is CCOc1cc(/C=C(\C#N)C(=O)Nc2ccc(Cl)cc2)cc(I)c1OCc1ccc(C)c(C)c1. The lowest BCUT2D eigenvalue weighted by molar-refractivity contribution is -0.112. The van der Waals surface area contributed by atoms with Crippen LogP contribution in [0, 0.1) is 28.7 Å². The minimum atomic E-state index is -0.507. The number of amides is 1. The van der Waals surface area contributed by atoms with Gasteiger partial charge in [-0.1, -0.05) is 29.8 Å². The van der Waals surface area contributed by atoms with Gasteiger partial charge in [-0.05, 0) is 108 Å². The first-order valence-corrected chi connectivity index (χ1v) is 12.1. The summed E-state index contributed by atoms with van der Waals surface area (Å²) in [6, 6.07) is 18.5. The molecule has 3 rings (SSSR count). The van der Waals surface area contributed by atoms with Crippen molar-refractivity contribution >= 4 is 51.9 Å². The van der Waals surface area contributed by atoms with Crippen molar-refractivity contribution in [2.75, 3.05) is 11.9 Å². The Morgan fingerprint density at radius 3 is 2.47 bits per heavy atom. The Bertz CT molecular complexity index is 1260. The zero-order chi connectivity index (χ0) is 24.7. The summed E-state index contributed by atoms with van der Waals surface area (Å²) in [4.78, 5) is 12.6. The average Bonchev–Trinajstić information content (AvgIpc) is 2.80. The van der Waals surface area contributed by atoms with Gasteiger partial charge in [-0.3, -0.25) is 4.79 Å². The van der Waals surface area contributed by atoms with Gasteiger partial charge >= 0.3 is 0 Å². The fraction of sp³-hybridized carbons (Fsp3) is 0.185. The second kappa shape index (κ2) is 11.9. The van der Waals surface area contributed by atoms with E-state index >= 15 is 0 Å². The lowest BCUT2D eigenvalue weighted by atomic mass is 10.1. The quantitative estimate of drug-likeness (QED) is 0.174. The van der Waals surface area contributed by atoms with E-state index in [0.29, 0.717) is 41.0 Å². The third kappa shape index (κ3) is 6.75. The molecule has 0 aliphatic carbocycles. The lowest BCUT2D eigenvalue weighted by Crippen LogP contribution is -2.13. The second-order valence-electron chi connectivity index (χ2n) is 7.60. The van der Waals surface area contributed by atoms with Gasteiger partial charge in [0.15, 0.2) is 11.5 Å². The molecule has 34 heavy (non-hydrogen) atoms. The molecule has 7 heteroatoms. The smallest absolute Gasteiger partial charge is 0.266 e. The number of anilines is 1. The Kier molecular flexibility index (Phi) is 8.97. The van der Waals surface area contributed by atoms with Gasteiger partial charge in [0.05, 0.1) is 10.2 Å². The number of rotatable bonds is 8. The maximum atomic E-state index is 12.6. The van der Waals surface area contributed by atoms with Crippen molar-refractivity contribution in [3.05, 3.63) is 91.0 Å². The lowest BCUT2D eigenvalue weighted by Gasteiger charge is -2.15. The summed E-state index contributed by atoms with van der Waals surface area (Å²) in [6.07, 6.45) is 1.53. The maximum absolute atomic E-state index is 12.6. The number of ether oxygens (including phenoxy) is 2. The summed E-state index contributed by atoms with van der Waals surface area (Å²) in [5.41, 5.74) is 4.69. The zero-order valence-electron chi connectivity index (χ0n) is 19.1. The van der Waals surface area contributed by atoms with Crippen molar-refractivity contribution in [1.82, 2.24) is 0 Å². The fourth-order valence-corrected chi connectivity index (χ4v) is 4.08. The first-order valence-electron chi connectivity index (χ1n) is 10.6. The van der Waals surface area contributed by atoms with Crippen LogP contribution in [0.3, 0.4) is 0 Å². The van der Waals surface area contributed by atoms with Gasteiger partial charge in [-0.2, -0.15) is 5.26 Å². The van der Waals surface area contributed by atoms with Crippen molar-refractivity contribution in [3.63, 3.8) is 0 Å². The van der Waals surface area contributed by atoms with Crippen LogP contribution in [0.25, 0.3) is 6.08 Å². The van der Waals surface area contributed by atoms with E-state index in [2.05, 4.69) is 53.9 Å². The standard InChI is InChI=1S/C27H24ClIN2O3/c1-4-33-25-14-20(12-21(15-30)27(32)31-23-9-7-22(28)8-10-23)13-24(29)26(25)34-16-19-6-5-17(2)18(3)11-19/h5-14H,4,16H2,1-3H3,(H,31,32)/b21-12+. The molecule has 0 saturated carbocycles. The van der Waals surface area contributed by atoms with Crippen molar-refractivity contribution < 1.29 is 14.3 Å². The number of hydrogen-bond donors (Lipinski definition) is 1. The van der Waals surface area contributed by atoms with Crippen LogP contribution in [-0.4, -0.2) is 12.5 Å². The Hall–Kier alpha value is -3.02. The molecular weight excluding hydrogens is 563 g/mol. The van der Waals surface area contributed by atoms with E-state index in [1.54, 1.807) is 30.3 Å². The fourth-order valence-electron chi connectivity index (χ4n) is 3.17. The number of nitrogens with one attached hydrogen (secondary N) is 1. The second-order valence-corrected chi connectivity index (χ2v) is 9.20. The first-order chi connectivity index (χ1) is 16.3. The predicted octanol–water partition coefficient (Wildman–Crippen LogP) is 7.08. The van der Waals surface area contributed by atoms with E-state index in [1.807, 2.05) is 25.1 Å². The molecule has 3 aromatic carbocycles. The highest BCUT2D eigenvalue weighted by atomic mass is 127. The molecule has 0 bridgehead atoms. The molecular formula is C27H24ClIN2O3. The molecule has 1 N–H and O–H groups in total. The van der Waals surface area contributed by atoms with Gasteiger partial charge < -0.3 is 14.8 Å². The largest absolute Gasteiger partial charge is 0.490 e. The van der Waals surface area contributed by atoms with Crippen LogP contribution in [0.2, 0.25) is 5.02 Å². The highest BCUT2D eigenvalue weighted by Crippen LogP contribution is 2.35. The van der Waals surface area contributed by atoms with Crippen LogP contribution < -0.4 is 14.8 Å². The van der Waals surface area contributed by atoms with Crippen LogP contribution in [-0.2, 0) is 11.4 Å². The predicted molar refractivity (Wildman–Crippen MR) is 144 cm³/mol. The molecule has 0 spiro atoms. The average molecular weight is 587 g/mol. The third-order valence-corrected chi connectivity index (χ3v) is 6.12. The van der Waals surface area contributed by atoms with Gasteiger partial charge in [0.1, 0.15) is 18.2 Å². The van der Waals surface area contributed by atoms with Crippen LogP contribution in [0.5, 0.6) is 11.5 Å². The Balaban J connectivity index is 1.84. The van der Waals surface area contributed by atoms with E-state index in [1.165, 1.54) is 17.2 Å². The van der Waals surface area contributed by atoms with Crippen molar-refractivity contribution in [1.29, 1.82) is 5.26 Å². The zero-order valence-corrected chi connectivity index (χ0v) is 22.0. The highest BCUT2D eigenvalue weighted by molar-refractivity contribution is 14.1. The van der Waals surface area contributed by atoms with Crippen LogP contribution in [0.4, 0.5) is 5.69 Å². The number of halogens is 2. The minimum absolute atomic E-state index is 0.0306. The van der Waals surface area contributed by atoms with Crippen LogP contribution >= 0.6 is 34.2 Å². The maximum Gasteiger partial charge on any atom is 0.266 e. The molecule has 0 aliphatic heterocycles. The van der Waals surface area contributed by atoms with Gasteiger partial charge in [0.2, 0.25) is 0 Å². The van der Waals surface area contributed by atoms with E-state index in [-0.39, 0.29) is 5.57 Å². The van der Waals surface area contributed by atoms with Gasteiger partial charge in [-0.15, -0.1) is 0 Å². The molecule has 174 valence electrons. The van der Waals surface area contributed by atoms with Crippen molar-refractivity contribution in [2.45, 2.75) is 27.4 Å². The normalized spacial score (nSPS) is 11.0. The molecule has 0 heterocycles.